The molecular formula is C97H61N11O2. The summed E-state index contributed by atoms with van der Waals surface area (Å²) >= 11 is 0. The first kappa shape index (κ1) is 65.5. The molecule has 0 saturated carbocycles. The Morgan fingerprint density at radius 3 is 0.745 bits per heavy atom. The van der Waals surface area contributed by atoms with Gasteiger partial charge < -0.3 is 8.83 Å². The van der Waals surface area contributed by atoms with E-state index in [4.69, 9.17) is 63.7 Å². The van der Waals surface area contributed by atoms with Crippen LogP contribution in [0.25, 0.3) is 203 Å². The van der Waals surface area contributed by atoms with Crippen molar-refractivity contribution in [3.63, 3.8) is 0 Å². The topological polar surface area (TPSA) is 168 Å². The SMILES string of the molecule is c1ccc(-c2ccc(-c3cc(-c4cccc5c4oc4cccc(-c6nc(-c7ccccc7)nc(-c7ccccc7)n6)c45)nc(-c4ccccc4)n3)cc2)cc1.c1ccc(-c2ccc(-c3nc(-c4ccccc4)nc(-c4cccc5c4oc4cccc(-c6nc(-c7ccccc7)nc(-c7ccccc7)n6)c45)n3)cc2)cc1. The van der Waals surface area contributed by atoms with Crippen molar-refractivity contribution >= 4 is 43.9 Å². The van der Waals surface area contributed by atoms with Crippen LogP contribution in [0.3, 0.4) is 0 Å². The molecule has 0 bridgehead atoms. The highest BCUT2D eigenvalue weighted by Crippen LogP contribution is 2.44. The van der Waals surface area contributed by atoms with E-state index in [9.17, 15) is 0 Å². The molecule has 0 amide bonds. The summed E-state index contributed by atoms with van der Waals surface area (Å²) in [6, 6.07) is 124. The molecule has 110 heavy (non-hydrogen) atoms. The molecule has 0 unspecified atom stereocenters. The lowest BCUT2D eigenvalue weighted by molar-refractivity contribution is 0.669. The van der Waals surface area contributed by atoms with Crippen molar-refractivity contribution in [3.05, 3.63) is 370 Å². The second-order valence-electron chi connectivity index (χ2n) is 26.4. The molecule has 20 rings (SSSR count). The van der Waals surface area contributed by atoms with Crippen LogP contribution in [0, 0.1) is 0 Å². The molecular weight excluding hydrogens is 1350 g/mol. The molecule has 14 aromatic carbocycles. The molecule has 0 fully saturated rings. The largest absolute Gasteiger partial charge is 0.455 e. The van der Waals surface area contributed by atoms with E-state index < -0.39 is 0 Å². The highest BCUT2D eigenvalue weighted by atomic mass is 16.3. The lowest BCUT2D eigenvalue weighted by atomic mass is 10.0. The van der Waals surface area contributed by atoms with Gasteiger partial charge in [0.1, 0.15) is 22.3 Å². The van der Waals surface area contributed by atoms with Crippen LogP contribution in [0.5, 0.6) is 0 Å². The number of benzene rings is 14. The van der Waals surface area contributed by atoms with Crippen molar-refractivity contribution < 1.29 is 8.83 Å². The number of nitrogens with zero attached hydrogens (tertiary/aromatic N) is 11. The average Bonchev–Trinajstić information content (AvgIpc) is 1.60. The van der Waals surface area contributed by atoms with Crippen LogP contribution in [0.2, 0.25) is 0 Å². The van der Waals surface area contributed by atoms with E-state index in [0.717, 1.165) is 128 Å². The predicted molar refractivity (Wildman–Crippen MR) is 439 cm³/mol. The van der Waals surface area contributed by atoms with Gasteiger partial charge in [0.05, 0.1) is 17.0 Å². The van der Waals surface area contributed by atoms with Crippen LogP contribution in [0.15, 0.2) is 379 Å². The van der Waals surface area contributed by atoms with Gasteiger partial charge in [-0.3, -0.25) is 0 Å². The third-order valence-corrected chi connectivity index (χ3v) is 19.4. The lowest BCUT2D eigenvalue weighted by Crippen LogP contribution is -2.00. The monoisotopic (exact) mass is 1410 g/mol. The minimum atomic E-state index is 0.514. The van der Waals surface area contributed by atoms with Gasteiger partial charge in [0, 0.05) is 82.7 Å². The standard InChI is InChI=1S/C49H31N5O.C48H30N6O/c1-5-15-32(16-6-1)33-27-29-34(30-28-33)41-31-42(51-46(50-41)35-17-7-2-8-18-35)38-23-13-24-39-44-40(25-14-26-43(44)55-45(38)39)49-53-47(36-19-9-3-10-20-36)52-48(54-49)37-21-11-4-12-22-37;1-5-15-31(16-6-1)32-27-29-36(30-28-32)46-50-45(35-21-11-4-12-22-35)53-48(54-46)39-25-13-23-37-41-38(24-14-26-40(41)55-42(37)39)47-51-43(33-17-7-2-8-18-33)49-44(52-47)34-19-9-3-10-20-34/h1-31H;1-30H. The van der Waals surface area contributed by atoms with Gasteiger partial charge in [-0.1, -0.05) is 340 Å². The molecule has 0 aliphatic rings. The zero-order chi connectivity index (χ0) is 73.1. The Bertz CT molecular complexity index is 6190. The number of rotatable bonds is 14. The summed E-state index contributed by atoms with van der Waals surface area (Å²) in [5, 5.41) is 3.68. The minimum Gasteiger partial charge on any atom is -0.455 e. The van der Waals surface area contributed by atoms with Crippen molar-refractivity contribution in [2.75, 3.05) is 0 Å². The molecule has 13 heteroatoms. The van der Waals surface area contributed by atoms with Gasteiger partial charge in [-0.15, -0.1) is 0 Å². The molecule has 0 spiro atoms. The minimum absolute atomic E-state index is 0.514. The van der Waals surface area contributed by atoms with Crippen LogP contribution in [0.4, 0.5) is 0 Å². The molecule has 0 radical (unpaired) electrons. The van der Waals surface area contributed by atoms with Gasteiger partial charge >= 0.3 is 0 Å². The first-order chi connectivity index (χ1) is 54.5. The fraction of sp³-hybridized carbons (Fsp3) is 0. The Kier molecular flexibility index (Phi) is 17.3. The highest BCUT2D eigenvalue weighted by Gasteiger charge is 2.25. The molecule has 516 valence electrons. The Hall–Kier alpha value is -15.2. The third kappa shape index (κ3) is 13.0. The average molecular weight is 1410 g/mol. The molecule has 20 aromatic rings. The maximum Gasteiger partial charge on any atom is 0.167 e. The van der Waals surface area contributed by atoms with Crippen molar-refractivity contribution in [1.82, 2.24) is 54.8 Å². The molecule has 0 N–H and O–H groups in total. The maximum atomic E-state index is 6.75. The van der Waals surface area contributed by atoms with E-state index in [0.29, 0.717) is 69.4 Å². The quantitative estimate of drug-likeness (QED) is 0.101. The third-order valence-electron chi connectivity index (χ3n) is 19.4. The molecule has 0 atom stereocenters. The van der Waals surface area contributed by atoms with Crippen LogP contribution < -0.4 is 0 Å². The molecule has 0 saturated heterocycles. The van der Waals surface area contributed by atoms with Crippen molar-refractivity contribution in [2.24, 2.45) is 0 Å². The van der Waals surface area contributed by atoms with Crippen LogP contribution >= 0.6 is 0 Å². The summed E-state index contributed by atoms with van der Waals surface area (Å²) in [5.41, 5.74) is 19.7. The van der Waals surface area contributed by atoms with E-state index in [1.54, 1.807) is 0 Å². The van der Waals surface area contributed by atoms with Crippen LogP contribution in [-0.2, 0) is 0 Å². The first-order valence-electron chi connectivity index (χ1n) is 36.2. The van der Waals surface area contributed by atoms with Gasteiger partial charge in [-0.25, -0.2) is 54.8 Å². The predicted octanol–water partition coefficient (Wildman–Crippen LogP) is 23.9. The number of furan rings is 2. The van der Waals surface area contributed by atoms with Gasteiger partial charge in [-0.05, 0) is 52.6 Å². The Morgan fingerprint density at radius 1 is 0.155 bits per heavy atom. The molecule has 6 heterocycles. The number of para-hydroxylation sites is 2. The van der Waals surface area contributed by atoms with E-state index in [1.807, 2.05) is 249 Å². The summed E-state index contributed by atoms with van der Waals surface area (Å²) in [6.45, 7) is 0. The number of fused-ring (bicyclic) bond motifs is 6. The molecule has 0 aliphatic heterocycles. The smallest absolute Gasteiger partial charge is 0.167 e. The van der Waals surface area contributed by atoms with Gasteiger partial charge in [0.25, 0.3) is 0 Å². The van der Waals surface area contributed by atoms with Gasteiger partial charge in [0.15, 0.2) is 58.2 Å². The second kappa shape index (κ2) is 29.0. The molecule has 0 aliphatic carbocycles. The maximum absolute atomic E-state index is 6.75. The number of hydrogen-bond donors (Lipinski definition) is 0. The van der Waals surface area contributed by atoms with Crippen molar-refractivity contribution in [3.8, 4) is 159 Å². The van der Waals surface area contributed by atoms with Gasteiger partial charge in [-0.2, -0.15) is 0 Å². The Morgan fingerprint density at radius 2 is 0.391 bits per heavy atom. The summed E-state index contributed by atoms with van der Waals surface area (Å²) in [5.74, 6) is 5.83. The normalized spacial score (nSPS) is 11.3. The fourth-order valence-electron chi connectivity index (χ4n) is 14.0. The van der Waals surface area contributed by atoms with Gasteiger partial charge in [0.2, 0.25) is 0 Å². The Balaban J connectivity index is 0.000000149. The zero-order valence-electron chi connectivity index (χ0n) is 59.0. The Labute approximate surface area is 632 Å². The molecule has 6 aromatic heterocycles. The van der Waals surface area contributed by atoms with Crippen LogP contribution in [-0.4, -0.2) is 54.8 Å². The summed E-state index contributed by atoms with van der Waals surface area (Å²) in [7, 11) is 0. The fourth-order valence-corrected chi connectivity index (χ4v) is 14.0. The van der Waals surface area contributed by atoms with E-state index in [1.165, 1.54) is 5.56 Å². The number of aromatic nitrogens is 11. The zero-order valence-corrected chi connectivity index (χ0v) is 59.0. The lowest BCUT2D eigenvalue weighted by Gasteiger charge is -2.10. The summed E-state index contributed by atoms with van der Waals surface area (Å²) < 4.78 is 13.5. The van der Waals surface area contributed by atoms with Crippen molar-refractivity contribution in [2.45, 2.75) is 0 Å². The van der Waals surface area contributed by atoms with E-state index >= 15 is 0 Å². The van der Waals surface area contributed by atoms with Crippen LogP contribution in [0.1, 0.15) is 0 Å². The second-order valence-corrected chi connectivity index (χ2v) is 26.4. The first-order valence-corrected chi connectivity index (χ1v) is 36.2. The van der Waals surface area contributed by atoms with Crippen molar-refractivity contribution in [1.29, 1.82) is 0 Å². The van der Waals surface area contributed by atoms with E-state index in [2.05, 4.69) is 121 Å². The number of hydrogen-bond acceptors (Lipinski definition) is 13. The molecule has 13 nitrogen and oxygen atoms in total. The highest BCUT2D eigenvalue weighted by molar-refractivity contribution is 6.16. The summed E-state index contributed by atoms with van der Waals surface area (Å²) in [6.07, 6.45) is 0. The van der Waals surface area contributed by atoms with E-state index in [-0.39, 0.29) is 0 Å². The summed E-state index contributed by atoms with van der Waals surface area (Å²) in [4.78, 5) is 55.3.